The summed E-state index contributed by atoms with van der Waals surface area (Å²) in [4.78, 5) is 13.4. The third kappa shape index (κ3) is 5.28. The van der Waals surface area contributed by atoms with Crippen LogP contribution >= 0.6 is 22.6 Å². The van der Waals surface area contributed by atoms with E-state index in [0.717, 1.165) is 17.5 Å². The Morgan fingerprint density at radius 2 is 1.85 bits per heavy atom. The summed E-state index contributed by atoms with van der Waals surface area (Å²) in [7, 11) is -2.18. The van der Waals surface area contributed by atoms with Gasteiger partial charge in [0.15, 0.2) is 5.78 Å². The number of hydrogen-bond acceptors (Lipinski definition) is 5. The van der Waals surface area contributed by atoms with Gasteiger partial charge in [-0.1, -0.05) is 30.3 Å². The van der Waals surface area contributed by atoms with Gasteiger partial charge in [0, 0.05) is 37.7 Å². The van der Waals surface area contributed by atoms with Gasteiger partial charge in [-0.3, -0.25) is 9.52 Å². The average Bonchev–Trinajstić information content (AvgIpc) is 2.78. The minimum absolute atomic E-state index is 0.189. The molecule has 4 rings (SSSR count). The number of benzene rings is 3. The van der Waals surface area contributed by atoms with Crippen LogP contribution in [0, 0.1) is 3.57 Å². The van der Waals surface area contributed by atoms with Crippen LogP contribution in [-0.4, -0.2) is 26.8 Å². The molecular formula is C26H25IN2O4S. The number of carbonyl (C=O) groups is 1. The maximum absolute atomic E-state index is 13.2. The monoisotopic (exact) mass is 588 g/mol. The van der Waals surface area contributed by atoms with Crippen LogP contribution in [0.5, 0.6) is 5.75 Å². The van der Waals surface area contributed by atoms with E-state index < -0.39 is 10.0 Å². The highest BCUT2D eigenvalue weighted by atomic mass is 127. The van der Waals surface area contributed by atoms with Gasteiger partial charge in [0.05, 0.1) is 7.11 Å². The highest BCUT2D eigenvalue weighted by molar-refractivity contribution is 14.1. The number of rotatable bonds is 6. The van der Waals surface area contributed by atoms with Gasteiger partial charge >= 0.3 is 0 Å². The normalized spacial score (nSPS) is 15.8. The van der Waals surface area contributed by atoms with Gasteiger partial charge in [-0.2, -0.15) is 0 Å². The van der Waals surface area contributed by atoms with Crippen LogP contribution in [-0.2, 0) is 16.4 Å². The molecule has 0 aliphatic carbocycles. The summed E-state index contributed by atoms with van der Waals surface area (Å²) in [6, 6.07) is 19.1. The highest BCUT2D eigenvalue weighted by Gasteiger charge is 2.28. The predicted octanol–water partition coefficient (Wildman–Crippen LogP) is 5.25. The molecule has 34 heavy (non-hydrogen) atoms. The zero-order chi connectivity index (χ0) is 24.5. The molecule has 1 aliphatic heterocycles. The van der Waals surface area contributed by atoms with E-state index in [0.29, 0.717) is 26.3 Å². The molecule has 0 amide bonds. The number of allylic oxidation sites excluding steroid dienone is 1. The van der Waals surface area contributed by atoms with Gasteiger partial charge in [0.25, 0.3) is 10.0 Å². The molecule has 0 saturated carbocycles. The van der Waals surface area contributed by atoms with Gasteiger partial charge in [0.1, 0.15) is 10.6 Å². The third-order valence-electron chi connectivity index (χ3n) is 5.51. The summed E-state index contributed by atoms with van der Waals surface area (Å²) in [5.74, 6) is 0.481. The van der Waals surface area contributed by atoms with Gasteiger partial charge < -0.3 is 10.1 Å². The Labute approximate surface area is 213 Å². The van der Waals surface area contributed by atoms with Crippen molar-refractivity contribution >= 4 is 49.8 Å². The number of fused-ring (bicyclic) bond motifs is 1. The first-order valence-electron chi connectivity index (χ1n) is 10.7. The summed E-state index contributed by atoms with van der Waals surface area (Å²) >= 11 is 1.99. The summed E-state index contributed by atoms with van der Waals surface area (Å²) in [6.07, 6.45) is 2.38. The zero-order valence-corrected chi connectivity index (χ0v) is 22.0. The quantitative estimate of drug-likeness (QED) is 0.234. The summed E-state index contributed by atoms with van der Waals surface area (Å²) in [5.41, 5.74) is 3.23. The minimum atomic E-state index is -3.79. The van der Waals surface area contributed by atoms with Gasteiger partial charge in [-0.25, -0.2) is 8.42 Å². The fraction of sp³-hybridized carbons (Fsp3) is 0.192. The minimum Gasteiger partial charge on any atom is -0.497 e. The molecule has 0 atom stereocenters. The van der Waals surface area contributed by atoms with E-state index in [1.54, 1.807) is 61.7 Å². The Morgan fingerprint density at radius 3 is 2.59 bits per heavy atom. The molecule has 0 spiro atoms. The third-order valence-corrected chi connectivity index (χ3v) is 8.26. The fourth-order valence-corrected chi connectivity index (χ4v) is 6.36. The zero-order valence-electron chi connectivity index (χ0n) is 19.1. The predicted molar refractivity (Wildman–Crippen MR) is 143 cm³/mol. The van der Waals surface area contributed by atoms with Crippen LogP contribution in [0.1, 0.15) is 35.3 Å². The van der Waals surface area contributed by atoms with Crippen LogP contribution in [0.3, 0.4) is 0 Å². The Kier molecular flexibility index (Phi) is 6.73. The molecule has 3 aromatic rings. The number of ether oxygens (including phenoxy) is 1. The highest BCUT2D eigenvalue weighted by Crippen LogP contribution is 2.32. The van der Waals surface area contributed by atoms with Crippen LogP contribution in [0.4, 0.5) is 5.69 Å². The SMILES string of the molecule is COc1ccc2c(c1)C(=CC(=O)c1cccc(NS(=O)(=O)c3ccccc3I)c1)NC(C)(C)C2. The van der Waals surface area contributed by atoms with Crippen molar-refractivity contribution in [3.8, 4) is 5.75 Å². The van der Waals surface area contributed by atoms with E-state index in [-0.39, 0.29) is 16.2 Å². The van der Waals surface area contributed by atoms with E-state index in [4.69, 9.17) is 4.74 Å². The molecule has 0 fully saturated rings. The number of hydrogen-bond donors (Lipinski definition) is 2. The second-order valence-corrected chi connectivity index (χ2v) is 11.6. The lowest BCUT2D eigenvalue weighted by Gasteiger charge is -2.35. The van der Waals surface area contributed by atoms with Crippen molar-refractivity contribution in [3.05, 3.63) is 93.1 Å². The fourth-order valence-electron chi connectivity index (χ4n) is 3.98. The Balaban J connectivity index is 1.65. The molecule has 8 heteroatoms. The van der Waals surface area contributed by atoms with E-state index in [1.165, 1.54) is 0 Å². The van der Waals surface area contributed by atoms with E-state index in [1.807, 2.05) is 40.8 Å². The molecule has 0 saturated heterocycles. The Morgan fingerprint density at radius 1 is 1.09 bits per heavy atom. The van der Waals surface area contributed by atoms with Crippen molar-refractivity contribution in [2.75, 3.05) is 11.8 Å². The van der Waals surface area contributed by atoms with Crippen molar-refractivity contribution in [2.24, 2.45) is 0 Å². The Hall–Kier alpha value is -2.85. The molecular weight excluding hydrogens is 563 g/mol. The molecule has 6 nitrogen and oxygen atoms in total. The molecule has 2 N–H and O–H groups in total. The summed E-state index contributed by atoms with van der Waals surface area (Å²) < 4.78 is 34.3. The lowest BCUT2D eigenvalue weighted by Crippen LogP contribution is -2.43. The first kappa shape index (κ1) is 24.3. The van der Waals surface area contributed by atoms with Crippen LogP contribution in [0.2, 0.25) is 0 Å². The van der Waals surface area contributed by atoms with Crippen LogP contribution in [0.15, 0.2) is 77.7 Å². The van der Waals surface area contributed by atoms with E-state index in [2.05, 4.69) is 23.9 Å². The average molecular weight is 588 g/mol. The number of nitrogens with one attached hydrogen (secondary N) is 2. The van der Waals surface area contributed by atoms with Crippen molar-refractivity contribution in [1.29, 1.82) is 0 Å². The lowest BCUT2D eigenvalue weighted by atomic mass is 9.85. The molecule has 176 valence electrons. The number of halogens is 1. The summed E-state index contributed by atoms with van der Waals surface area (Å²) in [6.45, 7) is 4.16. The number of methoxy groups -OCH3 is 1. The molecule has 0 bridgehead atoms. The first-order valence-corrected chi connectivity index (χ1v) is 13.2. The van der Waals surface area contributed by atoms with Crippen molar-refractivity contribution in [2.45, 2.75) is 30.7 Å². The molecule has 1 heterocycles. The molecule has 3 aromatic carbocycles. The van der Waals surface area contributed by atoms with Crippen LogP contribution < -0.4 is 14.8 Å². The van der Waals surface area contributed by atoms with Crippen LogP contribution in [0.25, 0.3) is 5.70 Å². The van der Waals surface area contributed by atoms with Gasteiger partial charge in [-0.15, -0.1) is 0 Å². The maximum atomic E-state index is 13.2. The second kappa shape index (κ2) is 9.42. The van der Waals surface area contributed by atoms with Crippen molar-refractivity contribution in [3.63, 3.8) is 0 Å². The molecule has 1 aliphatic rings. The Bertz CT molecular complexity index is 1400. The smallest absolute Gasteiger partial charge is 0.262 e. The van der Waals surface area contributed by atoms with E-state index in [9.17, 15) is 13.2 Å². The molecule has 0 radical (unpaired) electrons. The number of anilines is 1. The number of carbonyl (C=O) groups excluding carboxylic acids is 1. The van der Waals surface area contributed by atoms with Gasteiger partial charge in [0.2, 0.25) is 0 Å². The van der Waals surface area contributed by atoms with Crippen molar-refractivity contribution in [1.82, 2.24) is 5.32 Å². The topological polar surface area (TPSA) is 84.5 Å². The standard InChI is InChI=1S/C26H25IN2O4S/c1-26(2)16-18-11-12-20(33-3)14-21(18)23(28-26)15-24(30)17-7-6-8-19(13-17)29-34(31,32)25-10-5-4-9-22(25)27/h4-15,28-29H,16H2,1-3H3. The number of ketones is 1. The molecule has 0 aromatic heterocycles. The second-order valence-electron chi connectivity index (χ2n) is 8.75. The summed E-state index contributed by atoms with van der Waals surface area (Å²) in [5, 5.41) is 3.45. The van der Waals surface area contributed by atoms with Gasteiger partial charge in [-0.05, 0) is 84.8 Å². The largest absolute Gasteiger partial charge is 0.497 e. The maximum Gasteiger partial charge on any atom is 0.262 e. The van der Waals surface area contributed by atoms with Crippen molar-refractivity contribution < 1.29 is 17.9 Å². The van der Waals surface area contributed by atoms with E-state index >= 15 is 0 Å². The molecule has 0 unspecified atom stereocenters. The number of sulfonamides is 1. The first-order chi connectivity index (χ1) is 16.1. The lowest BCUT2D eigenvalue weighted by molar-refractivity contribution is 0.104.